The first-order valence-electron chi connectivity index (χ1n) is 11.2. The van der Waals surface area contributed by atoms with Crippen molar-refractivity contribution in [3.63, 3.8) is 0 Å². The molecule has 3 heterocycles. The van der Waals surface area contributed by atoms with Crippen LogP contribution in [0.5, 0.6) is 0 Å². The van der Waals surface area contributed by atoms with Gasteiger partial charge in [0.1, 0.15) is 0 Å². The topological polar surface area (TPSA) is 53.1 Å². The molecule has 0 saturated carbocycles. The van der Waals surface area contributed by atoms with Gasteiger partial charge in [-0.05, 0) is 57.2 Å². The lowest BCUT2D eigenvalue weighted by atomic mass is 9.95. The van der Waals surface area contributed by atoms with Gasteiger partial charge in [0, 0.05) is 50.7 Å². The molecule has 0 radical (unpaired) electrons. The van der Waals surface area contributed by atoms with E-state index in [1.165, 1.54) is 0 Å². The average molecular weight is 434 g/mol. The smallest absolute Gasteiger partial charge is 0.255 e. The van der Waals surface area contributed by atoms with E-state index in [0.717, 1.165) is 52.0 Å². The van der Waals surface area contributed by atoms with Crippen LogP contribution in [-0.4, -0.2) is 73.1 Å². The molecule has 0 aromatic heterocycles. The Morgan fingerprint density at radius 2 is 1.83 bits per heavy atom. The molecule has 3 aliphatic rings. The molecule has 0 aliphatic carbocycles. The van der Waals surface area contributed by atoms with Crippen LogP contribution in [0.25, 0.3) is 0 Å². The van der Waals surface area contributed by atoms with Crippen LogP contribution in [0, 0.1) is 5.92 Å². The number of rotatable bonds is 4. The highest BCUT2D eigenvalue weighted by atomic mass is 35.5. The molecule has 0 bridgehead atoms. The molecule has 1 aromatic rings. The zero-order valence-electron chi connectivity index (χ0n) is 18.0. The van der Waals surface area contributed by atoms with Crippen LogP contribution in [0.2, 0.25) is 5.02 Å². The number of carbonyl (C=O) groups excluding carboxylic acids is 2. The number of nitrogens with zero attached hydrogens (tertiary/aromatic N) is 3. The van der Waals surface area contributed by atoms with Gasteiger partial charge in [-0.25, -0.2) is 0 Å². The average Bonchev–Trinajstić information content (AvgIpc) is 3.13. The second-order valence-electron chi connectivity index (χ2n) is 9.02. The standard InChI is InChI=1S/C23H32ClN3O3/c1-16-13-25(14-17(2)30-16)15-18-7-10-26(11-8-18)23(29)20-6-5-19(24)12-21(20)27-9-3-4-22(27)28/h5-6,12,16-18H,3-4,7-11,13-15H2,1-2H3. The van der Waals surface area contributed by atoms with Gasteiger partial charge in [0.05, 0.1) is 23.5 Å². The fourth-order valence-corrected chi connectivity index (χ4v) is 5.27. The van der Waals surface area contributed by atoms with Gasteiger partial charge in [-0.15, -0.1) is 0 Å². The number of benzene rings is 1. The van der Waals surface area contributed by atoms with Crippen molar-refractivity contribution >= 4 is 29.1 Å². The molecule has 1 aromatic carbocycles. The van der Waals surface area contributed by atoms with Gasteiger partial charge in [0.15, 0.2) is 0 Å². The molecule has 3 fully saturated rings. The van der Waals surface area contributed by atoms with Crippen molar-refractivity contribution in [2.75, 3.05) is 44.2 Å². The van der Waals surface area contributed by atoms with Gasteiger partial charge in [-0.3, -0.25) is 14.5 Å². The van der Waals surface area contributed by atoms with Crippen LogP contribution in [0.3, 0.4) is 0 Å². The second kappa shape index (κ2) is 9.25. The molecule has 2 atom stereocenters. The first-order valence-corrected chi connectivity index (χ1v) is 11.6. The lowest BCUT2D eigenvalue weighted by Gasteiger charge is -2.39. The Hall–Kier alpha value is -1.63. The van der Waals surface area contributed by atoms with Crippen LogP contribution in [0.15, 0.2) is 18.2 Å². The third-order valence-corrected chi connectivity index (χ3v) is 6.70. The van der Waals surface area contributed by atoms with E-state index in [2.05, 4.69) is 18.7 Å². The van der Waals surface area contributed by atoms with E-state index in [4.69, 9.17) is 16.3 Å². The summed E-state index contributed by atoms with van der Waals surface area (Å²) in [6.45, 7) is 9.50. The number of likely N-dealkylation sites (tertiary alicyclic amines) is 1. The molecule has 3 aliphatic heterocycles. The summed E-state index contributed by atoms with van der Waals surface area (Å²) < 4.78 is 5.84. The van der Waals surface area contributed by atoms with Crippen LogP contribution in [-0.2, 0) is 9.53 Å². The van der Waals surface area contributed by atoms with Gasteiger partial charge in [0.25, 0.3) is 5.91 Å². The molecular formula is C23H32ClN3O3. The van der Waals surface area contributed by atoms with Crippen molar-refractivity contribution in [3.05, 3.63) is 28.8 Å². The normalized spacial score (nSPS) is 26.4. The molecule has 0 N–H and O–H groups in total. The quantitative estimate of drug-likeness (QED) is 0.730. The van der Waals surface area contributed by atoms with E-state index in [1.54, 1.807) is 23.1 Å². The number of halogens is 1. The minimum absolute atomic E-state index is 0.00781. The molecule has 164 valence electrons. The third kappa shape index (κ3) is 4.82. The third-order valence-electron chi connectivity index (χ3n) is 6.47. The zero-order chi connectivity index (χ0) is 21.3. The highest BCUT2D eigenvalue weighted by Crippen LogP contribution is 2.31. The van der Waals surface area contributed by atoms with Gasteiger partial charge >= 0.3 is 0 Å². The molecule has 6 nitrogen and oxygen atoms in total. The van der Waals surface area contributed by atoms with Crippen LogP contribution in [0.1, 0.15) is 49.9 Å². The maximum atomic E-state index is 13.3. The second-order valence-corrected chi connectivity index (χ2v) is 9.46. The molecular weight excluding hydrogens is 402 g/mol. The van der Waals surface area contributed by atoms with E-state index in [0.29, 0.717) is 35.2 Å². The number of hydrogen-bond donors (Lipinski definition) is 0. The molecule has 7 heteroatoms. The van der Waals surface area contributed by atoms with E-state index in [1.807, 2.05) is 4.90 Å². The lowest BCUT2D eigenvalue weighted by Crippen LogP contribution is -2.48. The minimum atomic E-state index is 0.00781. The summed E-state index contributed by atoms with van der Waals surface area (Å²) in [7, 11) is 0. The van der Waals surface area contributed by atoms with Crippen LogP contribution >= 0.6 is 11.6 Å². The maximum absolute atomic E-state index is 13.3. The summed E-state index contributed by atoms with van der Waals surface area (Å²) >= 11 is 6.19. The molecule has 3 saturated heterocycles. The molecule has 2 unspecified atom stereocenters. The maximum Gasteiger partial charge on any atom is 0.255 e. The fourth-order valence-electron chi connectivity index (χ4n) is 5.10. The van der Waals surface area contributed by atoms with Crippen LogP contribution < -0.4 is 4.90 Å². The Morgan fingerprint density at radius 1 is 1.13 bits per heavy atom. The number of carbonyl (C=O) groups is 2. The minimum Gasteiger partial charge on any atom is -0.373 e. The molecule has 4 rings (SSSR count). The van der Waals surface area contributed by atoms with E-state index in [-0.39, 0.29) is 24.0 Å². The summed E-state index contributed by atoms with van der Waals surface area (Å²) in [6.07, 6.45) is 3.95. The Morgan fingerprint density at radius 3 is 2.47 bits per heavy atom. The predicted molar refractivity (Wildman–Crippen MR) is 118 cm³/mol. The van der Waals surface area contributed by atoms with Crippen molar-refractivity contribution in [2.24, 2.45) is 5.92 Å². The van der Waals surface area contributed by atoms with Crippen molar-refractivity contribution in [2.45, 2.75) is 51.7 Å². The Bertz CT molecular complexity index is 784. The summed E-state index contributed by atoms with van der Waals surface area (Å²) in [5.41, 5.74) is 1.25. The molecule has 2 amide bonds. The van der Waals surface area contributed by atoms with Crippen molar-refractivity contribution in [1.29, 1.82) is 0 Å². The molecule has 30 heavy (non-hydrogen) atoms. The lowest BCUT2D eigenvalue weighted by molar-refractivity contribution is -0.117. The highest BCUT2D eigenvalue weighted by Gasteiger charge is 2.31. The number of ether oxygens (including phenoxy) is 1. The Labute approximate surface area is 184 Å². The number of piperidine rings is 1. The monoisotopic (exact) mass is 433 g/mol. The van der Waals surface area contributed by atoms with E-state index >= 15 is 0 Å². The number of amides is 2. The number of anilines is 1. The van der Waals surface area contributed by atoms with Crippen molar-refractivity contribution < 1.29 is 14.3 Å². The zero-order valence-corrected chi connectivity index (χ0v) is 18.7. The number of morpholine rings is 1. The van der Waals surface area contributed by atoms with Crippen molar-refractivity contribution in [1.82, 2.24) is 9.80 Å². The summed E-state index contributed by atoms with van der Waals surface area (Å²) in [5.74, 6) is 0.684. The van der Waals surface area contributed by atoms with E-state index < -0.39 is 0 Å². The summed E-state index contributed by atoms with van der Waals surface area (Å²) in [4.78, 5) is 31.7. The van der Waals surface area contributed by atoms with Gasteiger partial charge in [-0.2, -0.15) is 0 Å². The van der Waals surface area contributed by atoms with Gasteiger partial charge < -0.3 is 14.5 Å². The Balaban J connectivity index is 1.38. The van der Waals surface area contributed by atoms with E-state index in [9.17, 15) is 9.59 Å². The largest absolute Gasteiger partial charge is 0.373 e. The van der Waals surface area contributed by atoms with Crippen LogP contribution in [0.4, 0.5) is 5.69 Å². The number of hydrogen-bond acceptors (Lipinski definition) is 4. The summed E-state index contributed by atoms with van der Waals surface area (Å²) in [6, 6.07) is 5.27. The van der Waals surface area contributed by atoms with Crippen molar-refractivity contribution in [3.8, 4) is 0 Å². The fraction of sp³-hybridized carbons (Fsp3) is 0.652. The first-order chi connectivity index (χ1) is 14.4. The first kappa shape index (κ1) is 21.6. The van der Waals surface area contributed by atoms with Gasteiger partial charge in [0.2, 0.25) is 5.91 Å². The summed E-state index contributed by atoms with van der Waals surface area (Å²) in [5, 5.41) is 0.550. The highest BCUT2D eigenvalue weighted by molar-refractivity contribution is 6.31. The SMILES string of the molecule is CC1CN(CC2CCN(C(=O)c3ccc(Cl)cc3N3CCCC3=O)CC2)CC(C)O1. The Kier molecular flexibility index (Phi) is 6.66. The van der Waals surface area contributed by atoms with Gasteiger partial charge in [-0.1, -0.05) is 11.6 Å². The predicted octanol–water partition coefficient (Wildman–Crippen LogP) is 3.43. The molecule has 0 spiro atoms.